The van der Waals surface area contributed by atoms with Crippen molar-refractivity contribution < 1.29 is 0 Å². The molecule has 1 aliphatic carbocycles. The highest BCUT2D eigenvalue weighted by atomic mass is 16.1. The molecule has 0 radical (unpaired) electrons. The van der Waals surface area contributed by atoms with Gasteiger partial charge in [-0.2, -0.15) is 0 Å². The van der Waals surface area contributed by atoms with Gasteiger partial charge in [-0.1, -0.05) is 0 Å². The number of aromatic nitrogens is 2. The molecule has 66 valence electrons. The van der Waals surface area contributed by atoms with Gasteiger partial charge in [-0.05, 0) is 33.6 Å². The van der Waals surface area contributed by atoms with E-state index < -0.39 is 0 Å². The van der Waals surface area contributed by atoms with Gasteiger partial charge in [0, 0.05) is 16.9 Å². The molecule has 1 fully saturated rings. The van der Waals surface area contributed by atoms with Crippen LogP contribution in [0.15, 0.2) is 4.79 Å². The first-order chi connectivity index (χ1) is 5.54. The molecule has 1 N–H and O–H groups in total. The summed E-state index contributed by atoms with van der Waals surface area (Å²) in [6.45, 7) is 6.07. The van der Waals surface area contributed by atoms with E-state index in [0.29, 0.717) is 0 Å². The van der Waals surface area contributed by atoms with E-state index in [0.717, 1.165) is 24.2 Å². The number of hydrogen-bond donors (Lipinski definition) is 1. The van der Waals surface area contributed by atoms with E-state index in [1.54, 1.807) is 0 Å². The summed E-state index contributed by atoms with van der Waals surface area (Å²) in [5.41, 5.74) is 2.24. The van der Waals surface area contributed by atoms with Crippen molar-refractivity contribution in [3.8, 4) is 0 Å². The van der Waals surface area contributed by atoms with Crippen LogP contribution in [0.25, 0.3) is 0 Å². The van der Waals surface area contributed by atoms with Crippen LogP contribution in [0.4, 0.5) is 0 Å². The summed E-state index contributed by atoms with van der Waals surface area (Å²) in [5.74, 6) is 0. The third-order valence-electron chi connectivity index (χ3n) is 2.89. The minimum atomic E-state index is 0.0463. The van der Waals surface area contributed by atoms with Crippen LogP contribution in [0, 0.1) is 13.8 Å². The Morgan fingerprint density at radius 2 is 2.00 bits per heavy atom. The molecule has 3 nitrogen and oxygen atoms in total. The molecule has 1 aliphatic rings. The fourth-order valence-corrected chi connectivity index (χ4v) is 1.68. The molecule has 1 aromatic heterocycles. The molecule has 3 heteroatoms. The van der Waals surface area contributed by atoms with Crippen molar-refractivity contribution in [2.45, 2.75) is 39.2 Å². The molecule has 0 atom stereocenters. The average Bonchev–Trinajstić information content (AvgIpc) is 2.62. The van der Waals surface area contributed by atoms with Gasteiger partial charge in [0.25, 0.3) is 0 Å². The molecule has 0 spiro atoms. The number of aryl methyl sites for hydroxylation is 1. The zero-order chi connectivity index (χ0) is 8.93. The number of aromatic amines is 1. The molecule has 12 heavy (non-hydrogen) atoms. The second-order valence-electron chi connectivity index (χ2n) is 3.97. The van der Waals surface area contributed by atoms with Crippen LogP contribution in [-0.2, 0) is 5.54 Å². The number of hydrogen-bond acceptors (Lipinski definition) is 1. The van der Waals surface area contributed by atoms with Gasteiger partial charge in [0.05, 0.1) is 0 Å². The Kier molecular flexibility index (Phi) is 1.29. The van der Waals surface area contributed by atoms with Crippen molar-refractivity contribution in [2.24, 2.45) is 0 Å². The van der Waals surface area contributed by atoms with Gasteiger partial charge < -0.3 is 4.98 Å². The van der Waals surface area contributed by atoms with Gasteiger partial charge in [0.2, 0.25) is 0 Å². The summed E-state index contributed by atoms with van der Waals surface area (Å²) in [6, 6.07) is 0. The Labute approximate surface area is 71.4 Å². The first kappa shape index (κ1) is 7.65. The molecule has 1 aromatic rings. The fourth-order valence-electron chi connectivity index (χ4n) is 1.68. The first-order valence-corrected chi connectivity index (χ1v) is 4.33. The molecular weight excluding hydrogens is 152 g/mol. The monoisotopic (exact) mass is 166 g/mol. The molecule has 0 saturated heterocycles. The van der Waals surface area contributed by atoms with E-state index in [4.69, 9.17) is 0 Å². The van der Waals surface area contributed by atoms with Crippen molar-refractivity contribution in [2.75, 3.05) is 0 Å². The Morgan fingerprint density at radius 1 is 1.42 bits per heavy atom. The summed E-state index contributed by atoms with van der Waals surface area (Å²) in [5, 5.41) is 0. The van der Waals surface area contributed by atoms with Crippen molar-refractivity contribution in [3.05, 3.63) is 21.9 Å². The van der Waals surface area contributed by atoms with Crippen molar-refractivity contribution in [1.82, 2.24) is 9.55 Å². The van der Waals surface area contributed by atoms with Gasteiger partial charge in [-0.3, -0.25) is 4.57 Å². The summed E-state index contributed by atoms with van der Waals surface area (Å²) in [6.07, 6.45) is 2.26. The molecular formula is C9H14N2O. The number of nitrogens with zero attached hydrogens (tertiary/aromatic N) is 1. The lowest BCUT2D eigenvalue weighted by Crippen LogP contribution is -2.26. The minimum absolute atomic E-state index is 0.0463. The summed E-state index contributed by atoms with van der Waals surface area (Å²) in [7, 11) is 0. The zero-order valence-corrected chi connectivity index (χ0v) is 7.77. The van der Waals surface area contributed by atoms with E-state index >= 15 is 0 Å². The van der Waals surface area contributed by atoms with Gasteiger partial charge in [-0.25, -0.2) is 4.79 Å². The van der Waals surface area contributed by atoms with Crippen LogP contribution < -0.4 is 5.69 Å². The van der Waals surface area contributed by atoms with Crippen LogP contribution in [0.3, 0.4) is 0 Å². The van der Waals surface area contributed by atoms with E-state index in [1.165, 1.54) is 0 Å². The first-order valence-electron chi connectivity index (χ1n) is 4.33. The largest absolute Gasteiger partial charge is 0.326 e. The van der Waals surface area contributed by atoms with Gasteiger partial charge >= 0.3 is 5.69 Å². The molecule has 0 bridgehead atoms. The van der Waals surface area contributed by atoms with Gasteiger partial charge in [-0.15, -0.1) is 0 Å². The standard InChI is InChI=1S/C9H14N2O/c1-6-7(2)11(8(12)10-6)9(3)4-5-9/h4-5H2,1-3H3,(H,10,12). The Hall–Kier alpha value is -0.990. The van der Waals surface area contributed by atoms with Crippen LogP contribution in [0.2, 0.25) is 0 Å². The molecule has 1 heterocycles. The third-order valence-corrected chi connectivity index (χ3v) is 2.89. The van der Waals surface area contributed by atoms with Gasteiger partial charge in [0.15, 0.2) is 0 Å². The second-order valence-corrected chi connectivity index (χ2v) is 3.97. The normalized spacial score (nSPS) is 19.6. The van der Waals surface area contributed by atoms with Gasteiger partial charge in [0.1, 0.15) is 0 Å². The van der Waals surface area contributed by atoms with Crippen LogP contribution in [0.5, 0.6) is 0 Å². The highest BCUT2D eigenvalue weighted by molar-refractivity contribution is 5.14. The Balaban J connectivity index is 2.63. The SMILES string of the molecule is Cc1[nH]c(=O)n(C2(C)CC2)c1C. The lowest BCUT2D eigenvalue weighted by atomic mass is 10.3. The summed E-state index contributed by atoms with van der Waals surface area (Å²) in [4.78, 5) is 14.3. The van der Waals surface area contributed by atoms with E-state index in [9.17, 15) is 4.79 Å². The second kappa shape index (κ2) is 2.03. The number of nitrogens with one attached hydrogen (secondary N) is 1. The van der Waals surface area contributed by atoms with E-state index in [-0.39, 0.29) is 11.2 Å². The predicted octanol–water partition coefficient (Wildman–Crippen LogP) is 1.30. The molecule has 0 amide bonds. The number of H-pyrrole nitrogens is 1. The van der Waals surface area contributed by atoms with E-state index in [2.05, 4.69) is 11.9 Å². The summed E-state index contributed by atoms with van der Waals surface area (Å²) < 4.78 is 1.89. The fraction of sp³-hybridized carbons (Fsp3) is 0.667. The smallest absolute Gasteiger partial charge is 0.310 e. The highest BCUT2D eigenvalue weighted by Gasteiger charge is 2.41. The third kappa shape index (κ3) is 0.854. The van der Waals surface area contributed by atoms with Crippen molar-refractivity contribution >= 4 is 0 Å². The lowest BCUT2D eigenvalue weighted by Gasteiger charge is -2.11. The molecule has 0 aromatic carbocycles. The summed E-state index contributed by atoms with van der Waals surface area (Å²) >= 11 is 0. The Morgan fingerprint density at radius 3 is 2.33 bits per heavy atom. The topological polar surface area (TPSA) is 37.8 Å². The average molecular weight is 166 g/mol. The quantitative estimate of drug-likeness (QED) is 0.671. The Bertz CT molecular complexity index is 368. The molecule has 0 unspecified atom stereocenters. The highest BCUT2D eigenvalue weighted by Crippen LogP contribution is 2.42. The minimum Gasteiger partial charge on any atom is -0.310 e. The maximum atomic E-state index is 11.5. The van der Waals surface area contributed by atoms with Crippen LogP contribution in [0.1, 0.15) is 31.2 Å². The molecule has 1 saturated carbocycles. The van der Waals surface area contributed by atoms with Crippen LogP contribution in [-0.4, -0.2) is 9.55 Å². The number of rotatable bonds is 1. The number of imidazole rings is 1. The van der Waals surface area contributed by atoms with Crippen molar-refractivity contribution in [1.29, 1.82) is 0 Å². The molecule has 0 aliphatic heterocycles. The van der Waals surface area contributed by atoms with E-state index in [1.807, 2.05) is 18.4 Å². The predicted molar refractivity (Wildman–Crippen MR) is 47.4 cm³/mol. The van der Waals surface area contributed by atoms with Crippen molar-refractivity contribution in [3.63, 3.8) is 0 Å². The van der Waals surface area contributed by atoms with Crippen LogP contribution >= 0.6 is 0 Å². The lowest BCUT2D eigenvalue weighted by molar-refractivity contribution is 0.503. The maximum Gasteiger partial charge on any atom is 0.326 e. The molecule has 2 rings (SSSR count). The maximum absolute atomic E-state index is 11.5. The zero-order valence-electron chi connectivity index (χ0n) is 7.77.